The second-order valence-electron chi connectivity index (χ2n) is 4.80. The summed E-state index contributed by atoms with van der Waals surface area (Å²) < 4.78 is 5.07. The van der Waals surface area contributed by atoms with E-state index in [0.29, 0.717) is 19.6 Å². The summed E-state index contributed by atoms with van der Waals surface area (Å²) in [5.41, 5.74) is 4.99. The number of nitrogens with two attached hydrogens (primary N) is 1. The highest BCUT2D eigenvalue weighted by Gasteiger charge is 2.38. The number of thiocarbonyl (C=S) groups is 1. The molecule has 0 rings (SSSR count). The van der Waals surface area contributed by atoms with Gasteiger partial charge in [0.1, 0.15) is 0 Å². The molecule has 0 aromatic heterocycles. The number of methoxy groups -OCH3 is 1. The van der Waals surface area contributed by atoms with Gasteiger partial charge in [-0.2, -0.15) is 0 Å². The Morgan fingerprint density at radius 2 is 2.06 bits per heavy atom. The molecule has 0 aliphatic rings. The van der Waals surface area contributed by atoms with E-state index >= 15 is 0 Å². The zero-order valence-corrected chi connectivity index (χ0v) is 13.0. The van der Waals surface area contributed by atoms with Crippen LogP contribution in [0.25, 0.3) is 0 Å². The van der Waals surface area contributed by atoms with E-state index in [1.165, 1.54) is 0 Å². The molecule has 106 valence electrons. The molecule has 2 atom stereocenters. The minimum atomic E-state index is -0.757. The first-order valence-corrected chi connectivity index (χ1v) is 6.85. The van der Waals surface area contributed by atoms with E-state index in [1.807, 2.05) is 25.7 Å². The van der Waals surface area contributed by atoms with Crippen LogP contribution in [-0.2, 0) is 9.53 Å². The summed E-state index contributed by atoms with van der Waals surface area (Å²) in [6.45, 7) is 8.93. The van der Waals surface area contributed by atoms with Gasteiger partial charge in [-0.1, -0.05) is 26.1 Å². The van der Waals surface area contributed by atoms with Crippen molar-refractivity contribution in [2.75, 3.05) is 20.3 Å². The van der Waals surface area contributed by atoms with E-state index < -0.39 is 5.41 Å². The maximum Gasteiger partial charge on any atom is 0.235 e. The summed E-state index contributed by atoms with van der Waals surface area (Å²) in [6.07, 6.45) is 1.51. The number of ether oxygens (including phenoxy) is 1. The molecular formula is C13H26N2O2S. The molecule has 0 fully saturated rings. The van der Waals surface area contributed by atoms with Crippen LogP contribution in [0.15, 0.2) is 0 Å². The zero-order chi connectivity index (χ0) is 14.3. The second kappa shape index (κ2) is 7.69. The van der Waals surface area contributed by atoms with Gasteiger partial charge >= 0.3 is 0 Å². The van der Waals surface area contributed by atoms with Gasteiger partial charge in [0.2, 0.25) is 5.91 Å². The molecule has 2 unspecified atom stereocenters. The van der Waals surface area contributed by atoms with Crippen molar-refractivity contribution in [1.29, 1.82) is 0 Å². The Morgan fingerprint density at radius 1 is 1.50 bits per heavy atom. The average Bonchev–Trinajstić information content (AvgIpc) is 2.36. The van der Waals surface area contributed by atoms with Crippen molar-refractivity contribution < 1.29 is 9.53 Å². The van der Waals surface area contributed by atoms with Crippen LogP contribution in [0.3, 0.4) is 0 Å². The van der Waals surface area contributed by atoms with Crippen molar-refractivity contribution in [3.8, 4) is 0 Å². The van der Waals surface area contributed by atoms with Crippen LogP contribution >= 0.6 is 12.2 Å². The van der Waals surface area contributed by atoms with Crippen LogP contribution < -0.4 is 5.73 Å². The van der Waals surface area contributed by atoms with Gasteiger partial charge in [0.15, 0.2) is 0 Å². The van der Waals surface area contributed by atoms with Gasteiger partial charge in [0, 0.05) is 19.7 Å². The Balaban J connectivity index is 5.09. The number of nitrogens with zero attached hydrogens (tertiary/aromatic N) is 1. The standard InChI is InChI=1S/C13H26N2O2S/c1-6-10(3)15(8-9-17-5)12(16)13(4,7-2)11(14)18/h10H,6-9H2,1-5H3,(H2,14,18). The molecular weight excluding hydrogens is 248 g/mol. The lowest BCUT2D eigenvalue weighted by atomic mass is 9.85. The fourth-order valence-electron chi connectivity index (χ4n) is 1.68. The van der Waals surface area contributed by atoms with E-state index in [4.69, 9.17) is 22.7 Å². The third-order valence-corrected chi connectivity index (χ3v) is 4.09. The predicted octanol–water partition coefficient (Wildman–Crippen LogP) is 1.96. The topological polar surface area (TPSA) is 55.6 Å². The Kier molecular flexibility index (Phi) is 7.40. The number of carbonyl (C=O) groups is 1. The highest BCUT2D eigenvalue weighted by atomic mass is 32.1. The lowest BCUT2D eigenvalue weighted by molar-refractivity contribution is -0.140. The molecule has 0 spiro atoms. The second-order valence-corrected chi connectivity index (χ2v) is 5.24. The Labute approximate surface area is 116 Å². The van der Waals surface area contributed by atoms with Crippen LogP contribution in [0.4, 0.5) is 0 Å². The van der Waals surface area contributed by atoms with Gasteiger partial charge in [-0.3, -0.25) is 4.79 Å². The van der Waals surface area contributed by atoms with Crippen LogP contribution in [0.2, 0.25) is 0 Å². The molecule has 0 bridgehead atoms. The summed E-state index contributed by atoms with van der Waals surface area (Å²) in [5, 5.41) is 0. The zero-order valence-electron chi connectivity index (χ0n) is 12.2. The molecule has 0 saturated heterocycles. The maximum absolute atomic E-state index is 12.6. The fourth-order valence-corrected chi connectivity index (χ4v) is 1.91. The molecule has 1 amide bonds. The molecule has 0 aliphatic heterocycles. The highest BCUT2D eigenvalue weighted by Crippen LogP contribution is 2.26. The summed E-state index contributed by atoms with van der Waals surface area (Å²) >= 11 is 5.06. The third-order valence-electron chi connectivity index (χ3n) is 3.64. The van der Waals surface area contributed by atoms with Gasteiger partial charge in [-0.25, -0.2) is 0 Å². The van der Waals surface area contributed by atoms with Crippen molar-refractivity contribution in [2.45, 2.75) is 46.6 Å². The molecule has 0 heterocycles. The van der Waals surface area contributed by atoms with Crippen molar-refractivity contribution in [3.63, 3.8) is 0 Å². The smallest absolute Gasteiger partial charge is 0.235 e. The number of amides is 1. The number of hydrogen-bond donors (Lipinski definition) is 1. The minimum absolute atomic E-state index is 0.00361. The van der Waals surface area contributed by atoms with E-state index in [0.717, 1.165) is 6.42 Å². The molecule has 0 saturated carbocycles. The minimum Gasteiger partial charge on any atom is -0.392 e. The fraction of sp³-hybridized carbons (Fsp3) is 0.846. The molecule has 0 radical (unpaired) electrons. The Hall–Kier alpha value is -0.680. The van der Waals surface area contributed by atoms with Crippen molar-refractivity contribution in [2.24, 2.45) is 11.1 Å². The Bertz CT molecular complexity index is 297. The first-order valence-electron chi connectivity index (χ1n) is 6.45. The molecule has 2 N–H and O–H groups in total. The quantitative estimate of drug-likeness (QED) is 0.688. The van der Waals surface area contributed by atoms with Crippen LogP contribution in [0, 0.1) is 5.41 Å². The molecule has 0 aromatic carbocycles. The summed E-state index contributed by atoms with van der Waals surface area (Å²) in [4.78, 5) is 14.7. The lowest BCUT2D eigenvalue weighted by Crippen LogP contribution is -2.52. The lowest BCUT2D eigenvalue weighted by Gasteiger charge is -2.36. The maximum atomic E-state index is 12.6. The first-order chi connectivity index (χ1) is 8.34. The van der Waals surface area contributed by atoms with Gasteiger partial charge in [-0.05, 0) is 26.7 Å². The van der Waals surface area contributed by atoms with Crippen molar-refractivity contribution >= 4 is 23.1 Å². The largest absolute Gasteiger partial charge is 0.392 e. The molecule has 0 aliphatic carbocycles. The van der Waals surface area contributed by atoms with Gasteiger partial charge < -0.3 is 15.4 Å². The van der Waals surface area contributed by atoms with Crippen molar-refractivity contribution in [1.82, 2.24) is 4.90 Å². The summed E-state index contributed by atoms with van der Waals surface area (Å²) in [5.74, 6) is 0.00361. The third kappa shape index (κ3) is 3.92. The van der Waals surface area contributed by atoms with E-state index in [1.54, 1.807) is 7.11 Å². The van der Waals surface area contributed by atoms with E-state index in [9.17, 15) is 4.79 Å². The van der Waals surface area contributed by atoms with Crippen LogP contribution in [0.1, 0.15) is 40.5 Å². The SMILES string of the molecule is CCC(C)N(CCOC)C(=O)C(C)(CC)C(N)=S. The van der Waals surface area contributed by atoms with Gasteiger partial charge in [0.25, 0.3) is 0 Å². The normalized spacial score (nSPS) is 15.8. The van der Waals surface area contributed by atoms with Gasteiger partial charge in [0.05, 0.1) is 17.0 Å². The monoisotopic (exact) mass is 274 g/mol. The Morgan fingerprint density at radius 3 is 2.39 bits per heavy atom. The van der Waals surface area contributed by atoms with Crippen molar-refractivity contribution in [3.05, 3.63) is 0 Å². The molecule has 5 heteroatoms. The van der Waals surface area contributed by atoms with E-state index in [2.05, 4.69) is 6.92 Å². The van der Waals surface area contributed by atoms with Crippen LogP contribution in [-0.4, -0.2) is 42.1 Å². The predicted molar refractivity (Wildman–Crippen MR) is 78.5 cm³/mol. The van der Waals surface area contributed by atoms with E-state index in [-0.39, 0.29) is 16.9 Å². The highest BCUT2D eigenvalue weighted by molar-refractivity contribution is 7.80. The average molecular weight is 274 g/mol. The number of carbonyl (C=O) groups excluding carboxylic acids is 1. The first kappa shape index (κ1) is 17.3. The summed E-state index contributed by atoms with van der Waals surface area (Å²) in [7, 11) is 1.63. The molecule has 18 heavy (non-hydrogen) atoms. The molecule has 4 nitrogen and oxygen atoms in total. The van der Waals surface area contributed by atoms with Crippen LogP contribution in [0.5, 0.6) is 0 Å². The van der Waals surface area contributed by atoms with Gasteiger partial charge in [-0.15, -0.1) is 0 Å². The molecule has 0 aromatic rings. The number of rotatable bonds is 8. The number of hydrogen-bond acceptors (Lipinski definition) is 3. The summed E-state index contributed by atoms with van der Waals surface area (Å²) in [6, 6.07) is 0.160.